The van der Waals surface area contributed by atoms with E-state index in [0.717, 1.165) is 22.3 Å². The van der Waals surface area contributed by atoms with Gasteiger partial charge in [0.05, 0.1) is 21.3 Å². The molecular weight excluding hydrogens is 556 g/mol. The van der Waals surface area contributed by atoms with E-state index < -0.39 is 35.0 Å². The number of hydrogen-bond donors (Lipinski definition) is 0. The fraction of sp³-hybridized carbons (Fsp3) is 0.265. The molecule has 214 valence electrons. The van der Waals surface area contributed by atoms with Gasteiger partial charge in [0.1, 0.15) is 22.1 Å². The SMILES string of the molecule is COC(=O)C1=C[C@@H](c2ccc(-c3ccccc3)cc2)C2=C(C1)C[C@@H](C)[C@]1(Oc3c(Cl)c(OC)cc(OC)c3C1=O)C2=O. The van der Waals surface area contributed by atoms with Crippen LogP contribution in [-0.4, -0.2) is 44.5 Å². The van der Waals surface area contributed by atoms with E-state index in [2.05, 4.69) is 0 Å². The maximum atomic E-state index is 14.7. The highest BCUT2D eigenvalue weighted by Gasteiger charge is 2.63. The number of benzene rings is 3. The number of ketones is 2. The molecule has 3 aromatic carbocycles. The molecule has 3 atom stereocenters. The van der Waals surface area contributed by atoms with Crippen LogP contribution < -0.4 is 14.2 Å². The van der Waals surface area contributed by atoms with Gasteiger partial charge in [-0.15, -0.1) is 0 Å². The lowest BCUT2D eigenvalue weighted by Crippen LogP contribution is -2.57. The number of fused-ring (bicyclic) bond motifs is 1. The van der Waals surface area contributed by atoms with Crippen LogP contribution in [0.5, 0.6) is 17.2 Å². The Morgan fingerprint density at radius 1 is 0.929 bits per heavy atom. The average Bonchev–Trinajstić information content (AvgIpc) is 3.34. The van der Waals surface area contributed by atoms with Crippen LogP contribution in [0.2, 0.25) is 5.02 Å². The van der Waals surface area contributed by atoms with Gasteiger partial charge in [0, 0.05) is 35.5 Å². The van der Waals surface area contributed by atoms with E-state index >= 15 is 0 Å². The van der Waals surface area contributed by atoms with Crippen LogP contribution in [0.3, 0.4) is 0 Å². The fourth-order valence-electron chi connectivity index (χ4n) is 6.43. The third kappa shape index (κ3) is 4.06. The smallest absolute Gasteiger partial charge is 0.333 e. The van der Waals surface area contributed by atoms with Gasteiger partial charge in [0.15, 0.2) is 5.75 Å². The second-order valence-corrected chi connectivity index (χ2v) is 11.1. The number of allylic oxidation sites excluding steroid dienone is 2. The zero-order chi connectivity index (χ0) is 29.8. The highest BCUT2D eigenvalue weighted by atomic mass is 35.5. The number of Topliss-reactive ketones (excluding diaryl/α,β-unsaturated/α-hetero) is 2. The van der Waals surface area contributed by atoms with E-state index in [1.165, 1.54) is 27.4 Å². The van der Waals surface area contributed by atoms with Crippen molar-refractivity contribution in [3.8, 4) is 28.4 Å². The van der Waals surface area contributed by atoms with Gasteiger partial charge >= 0.3 is 5.97 Å². The Hall–Kier alpha value is -4.36. The van der Waals surface area contributed by atoms with Gasteiger partial charge in [-0.1, -0.05) is 84.8 Å². The summed E-state index contributed by atoms with van der Waals surface area (Å²) in [6.45, 7) is 1.81. The molecule has 3 aliphatic rings. The molecule has 0 saturated carbocycles. The van der Waals surface area contributed by atoms with E-state index in [1.807, 2.05) is 61.5 Å². The molecule has 0 bridgehead atoms. The normalized spacial score (nSPS) is 22.7. The Bertz CT molecular complexity index is 1690. The molecule has 0 aromatic heterocycles. The molecule has 1 spiro atoms. The minimum atomic E-state index is -1.83. The van der Waals surface area contributed by atoms with Crippen LogP contribution in [0.4, 0.5) is 0 Å². The number of carbonyl (C=O) groups excluding carboxylic acids is 3. The van der Waals surface area contributed by atoms with Gasteiger partial charge in [-0.2, -0.15) is 0 Å². The van der Waals surface area contributed by atoms with Gasteiger partial charge in [0.2, 0.25) is 17.2 Å². The summed E-state index contributed by atoms with van der Waals surface area (Å²) in [7, 11) is 4.23. The van der Waals surface area contributed by atoms with E-state index in [-0.39, 0.29) is 34.3 Å². The zero-order valence-corrected chi connectivity index (χ0v) is 24.4. The molecule has 0 saturated heterocycles. The van der Waals surface area contributed by atoms with Crippen molar-refractivity contribution in [2.45, 2.75) is 31.3 Å². The first-order valence-corrected chi connectivity index (χ1v) is 14.0. The molecule has 0 N–H and O–H groups in total. The number of esters is 1. The monoisotopic (exact) mass is 584 g/mol. The summed E-state index contributed by atoms with van der Waals surface area (Å²) in [4.78, 5) is 41.6. The molecule has 6 rings (SSSR count). The predicted octanol–water partition coefficient (Wildman–Crippen LogP) is 6.53. The fourth-order valence-corrected chi connectivity index (χ4v) is 6.70. The highest BCUT2D eigenvalue weighted by Crippen LogP contribution is 2.56. The topological polar surface area (TPSA) is 88.1 Å². The summed E-state index contributed by atoms with van der Waals surface area (Å²) < 4.78 is 22.3. The van der Waals surface area contributed by atoms with Crippen LogP contribution in [0.15, 0.2) is 83.5 Å². The number of halogens is 1. The van der Waals surface area contributed by atoms with Crippen LogP contribution in [0, 0.1) is 5.92 Å². The van der Waals surface area contributed by atoms with Crippen LogP contribution in [-0.2, 0) is 14.3 Å². The molecule has 2 aliphatic carbocycles. The second kappa shape index (κ2) is 10.5. The predicted molar refractivity (Wildman–Crippen MR) is 157 cm³/mol. The van der Waals surface area contributed by atoms with E-state index in [9.17, 15) is 14.4 Å². The Morgan fingerprint density at radius 3 is 2.24 bits per heavy atom. The first-order valence-electron chi connectivity index (χ1n) is 13.6. The van der Waals surface area contributed by atoms with E-state index in [0.29, 0.717) is 17.6 Å². The van der Waals surface area contributed by atoms with Crippen LogP contribution >= 0.6 is 11.6 Å². The molecule has 0 unspecified atom stereocenters. The van der Waals surface area contributed by atoms with Gasteiger partial charge < -0.3 is 18.9 Å². The minimum absolute atomic E-state index is 0.0764. The van der Waals surface area contributed by atoms with Crippen LogP contribution in [0.25, 0.3) is 11.1 Å². The van der Waals surface area contributed by atoms with Gasteiger partial charge in [-0.05, 0) is 23.1 Å². The molecule has 1 heterocycles. The van der Waals surface area contributed by atoms with E-state index in [1.54, 1.807) is 6.08 Å². The summed E-state index contributed by atoms with van der Waals surface area (Å²) in [5, 5.41) is 0.0999. The summed E-state index contributed by atoms with van der Waals surface area (Å²) in [5.41, 5.74) is 2.90. The van der Waals surface area contributed by atoms with Crippen molar-refractivity contribution in [1.29, 1.82) is 0 Å². The first-order chi connectivity index (χ1) is 20.2. The van der Waals surface area contributed by atoms with Crippen molar-refractivity contribution in [1.82, 2.24) is 0 Å². The minimum Gasteiger partial charge on any atom is -0.496 e. The Kier molecular flexibility index (Phi) is 6.93. The molecular formula is C34H29ClO7. The molecule has 3 aromatic rings. The third-order valence-corrected chi connectivity index (χ3v) is 8.89. The maximum absolute atomic E-state index is 14.7. The Morgan fingerprint density at radius 2 is 1.60 bits per heavy atom. The van der Waals surface area contributed by atoms with Crippen molar-refractivity contribution in [3.05, 3.63) is 99.6 Å². The van der Waals surface area contributed by atoms with E-state index in [4.69, 9.17) is 30.5 Å². The number of ether oxygens (including phenoxy) is 4. The molecule has 8 heteroatoms. The first kappa shape index (κ1) is 27.8. The molecule has 42 heavy (non-hydrogen) atoms. The Balaban J connectivity index is 1.47. The lowest BCUT2D eigenvalue weighted by molar-refractivity contribution is -0.136. The lowest BCUT2D eigenvalue weighted by Gasteiger charge is -2.41. The highest BCUT2D eigenvalue weighted by molar-refractivity contribution is 6.36. The molecule has 0 fully saturated rings. The van der Waals surface area contributed by atoms with Crippen molar-refractivity contribution in [2.75, 3.05) is 21.3 Å². The summed E-state index contributed by atoms with van der Waals surface area (Å²) in [6.07, 6.45) is 2.39. The van der Waals surface area contributed by atoms with Gasteiger partial charge in [0.25, 0.3) is 0 Å². The molecule has 0 radical (unpaired) electrons. The third-order valence-electron chi connectivity index (χ3n) is 8.54. The quantitative estimate of drug-likeness (QED) is 0.249. The second-order valence-electron chi connectivity index (χ2n) is 10.7. The Labute approximate surface area is 248 Å². The summed E-state index contributed by atoms with van der Waals surface area (Å²) in [5.74, 6) is -1.95. The standard InChI is InChI=1S/C34H29ClO7/c1-18-14-22-15-23(33(38)41-4)16-24(21-12-10-20(11-13-21)19-8-6-5-7-9-19)27(22)31(36)34(18)32(37)28-25(39-2)17-26(40-3)29(35)30(28)42-34/h5-13,16-18,24H,14-15H2,1-4H3/t18-,24+,34+/m1/s1. The average molecular weight is 585 g/mol. The van der Waals surface area contributed by atoms with Crippen molar-refractivity contribution >= 4 is 29.1 Å². The van der Waals surface area contributed by atoms with Gasteiger partial charge in [-0.3, -0.25) is 9.59 Å². The van der Waals surface area contributed by atoms with Crippen molar-refractivity contribution in [3.63, 3.8) is 0 Å². The summed E-state index contributed by atoms with van der Waals surface area (Å²) in [6, 6.07) is 19.3. The largest absolute Gasteiger partial charge is 0.496 e. The maximum Gasteiger partial charge on any atom is 0.333 e. The van der Waals surface area contributed by atoms with Crippen LogP contribution in [0.1, 0.15) is 41.6 Å². The number of rotatable bonds is 5. The summed E-state index contributed by atoms with van der Waals surface area (Å²) >= 11 is 6.60. The molecule has 0 amide bonds. The zero-order valence-electron chi connectivity index (χ0n) is 23.7. The number of carbonyl (C=O) groups is 3. The number of methoxy groups -OCH3 is 3. The van der Waals surface area contributed by atoms with Crippen molar-refractivity contribution in [2.24, 2.45) is 5.92 Å². The van der Waals surface area contributed by atoms with Crippen molar-refractivity contribution < 1.29 is 33.3 Å². The van der Waals surface area contributed by atoms with Gasteiger partial charge in [-0.25, -0.2) is 4.79 Å². The lowest BCUT2D eigenvalue weighted by atomic mass is 9.63. The number of hydrogen-bond acceptors (Lipinski definition) is 7. The molecule has 7 nitrogen and oxygen atoms in total. The molecule has 1 aliphatic heterocycles.